The van der Waals surface area contributed by atoms with Crippen LogP contribution in [0.3, 0.4) is 0 Å². The number of nitrogens with two attached hydrogens (primary N) is 1. The summed E-state index contributed by atoms with van der Waals surface area (Å²) in [6.45, 7) is 8.26. The average molecular weight is 537 g/mol. The molecule has 2 nitrogen and oxygen atoms in total. The van der Waals surface area contributed by atoms with Gasteiger partial charge in [-0.15, -0.1) is 11.3 Å². The SMILES string of the molecule is C=Cc1c(N)c(/N=C\CCC)c2ccc(-c3cccc(-c4cccc5c4sc4ccccc45)c3)cc2c1/C=C\C. The number of aliphatic imine (C=N–C) groups is 1. The van der Waals surface area contributed by atoms with E-state index in [0.29, 0.717) is 5.69 Å². The van der Waals surface area contributed by atoms with Gasteiger partial charge in [0.1, 0.15) is 0 Å². The lowest BCUT2D eigenvalue weighted by Crippen LogP contribution is -1.96. The first-order valence-corrected chi connectivity index (χ1v) is 14.6. The normalized spacial score (nSPS) is 11.9. The van der Waals surface area contributed by atoms with Gasteiger partial charge in [0.05, 0.1) is 11.4 Å². The summed E-state index contributed by atoms with van der Waals surface area (Å²) >= 11 is 1.87. The molecule has 0 saturated heterocycles. The topological polar surface area (TPSA) is 38.4 Å². The molecule has 0 spiro atoms. The van der Waals surface area contributed by atoms with Crippen LogP contribution in [0.25, 0.3) is 65.4 Å². The van der Waals surface area contributed by atoms with Crippen LogP contribution in [-0.4, -0.2) is 6.21 Å². The molecule has 2 N–H and O–H groups in total. The molecule has 1 aromatic heterocycles. The third-order valence-corrected chi connectivity index (χ3v) is 8.71. The minimum atomic E-state index is 0.675. The summed E-state index contributed by atoms with van der Waals surface area (Å²) in [7, 11) is 0. The number of nitrogen functional groups attached to an aromatic ring is 1. The van der Waals surface area contributed by atoms with Gasteiger partial charge in [0.25, 0.3) is 0 Å². The molecule has 0 atom stereocenters. The highest BCUT2D eigenvalue weighted by Crippen LogP contribution is 2.43. The monoisotopic (exact) mass is 536 g/mol. The van der Waals surface area contributed by atoms with E-state index in [0.717, 1.165) is 46.0 Å². The Morgan fingerprint density at radius 2 is 1.57 bits per heavy atom. The Balaban J connectivity index is 1.53. The van der Waals surface area contributed by atoms with Crippen LogP contribution in [0.1, 0.15) is 37.8 Å². The van der Waals surface area contributed by atoms with Crippen molar-refractivity contribution in [2.45, 2.75) is 26.7 Å². The number of benzene rings is 5. The van der Waals surface area contributed by atoms with E-state index in [1.165, 1.54) is 36.9 Å². The number of nitrogens with zero attached hydrogens (tertiary/aromatic N) is 1. The Morgan fingerprint density at radius 1 is 0.800 bits per heavy atom. The van der Waals surface area contributed by atoms with Gasteiger partial charge in [0.15, 0.2) is 0 Å². The van der Waals surface area contributed by atoms with Gasteiger partial charge in [-0.1, -0.05) is 105 Å². The number of thiophene rings is 1. The van der Waals surface area contributed by atoms with Crippen LogP contribution in [0.15, 0.2) is 103 Å². The molecule has 196 valence electrons. The van der Waals surface area contributed by atoms with Crippen LogP contribution >= 0.6 is 11.3 Å². The van der Waals surface area contributed by atoms with E-state index >= 15 is 0 Å². The summed E-state index contributed by atoms with van der Waals surface area (Å²) in [6, 6.07) is 30.8. The highest BCUT2D eigenvalue weighted by atomic mass is 32.1. The molecule has 40 heavy (non-hydrogen) atoms. The zero-order valence-electron chi connectivity index (χ0n) is 22.9. The smallest absolute Gasteiger partial charge is 0.0939 e. The zero-order valence-corrected chi connectivity index (χ0v) is 23.8. The molecule has 0 bridgehead atoms. The van der Waals surface area contributed by atoms with E-state index in [9.17, 15) is 0 Å². The van der Waals surface area contributed by atoms with Crippen LogP contribution in [0.2, 0.25) is 0 Å². The molecule has 0 saturated carbocycles. The first kappa shape index (κ1) is 25.8. The highest BCUT2D eigenvalue weighted by molar-refractivity contribution is 7.26. The largest absolute Gasteiger partial charge is 0.396 e. The van der Waals surface area contributed by atoms with Crippen LogP contribution in [-0.2, 0) is 0 Å². The molecule has 1 heterocycles. The second-order valence-electron chi connectivity index (χ2n) is 10.0. The standard InChI is InChI=1S/C37H32N2S/c1-4-7-21-39-36-31-20-19-25(23-33(31)29(12-5-2)27(6-3)35(36)38)24-13-10-14-26(22-24)28-16-11-17-32-30-15-8-9-18-34(30)40-37(28)32/h5-6,8-23H,3-4,7,38H2,1-2H3/b12-5-,39-21-. The number of allylic oxidation sites excluding steroid dienone is 1. The summed E-state index contributed by atoms with van der Waals surface area (Å²) in [5.74, 6) is 0. The summed E-state index contributed by atoms with van der Waals surface area (Å²) in [6.07, 6.45) is 9.96. The lowest BCUT2D eigenvalue weighted by molar-refractivity contribution is 1.01. The second kappa shape index (κ2) is 11.0. The lowest BCUT2D eigenvalue weighted by atomic mass is 9.91. The summed E-state index contributed by atoms with van der Waals surface area (Å²) in [5, 5.41) is 4.82. The molecule has 0 unspecified atom stereocenters. The van der Waals surface area contributed by atoms with Gasteiger partial charge < -0.3 is 5.73 Å². The molecule has 3 heteroatoms. The van der Waals surface area contributed by atoms with Crippen molar-refractivity contribution in [3.63, 3.8) is 0 Å². The number of hydrogen-bond acceptors (Lipinski definition) is 3. The van der Waals surface area contributed by atoms with Gasteiger partial charge in [-0.05, 0) is 64.7 Å². The quantitative estimate of drug-likeness (QED) is 0.160. The van der Waals surface area contributed by atoms with Gasteiger partial charge in [-0.3, -0.25) is 4.99 Å². The van der Waals surface area contributed by atoms with Crippen molar-refractivity contribution in [3.05, 3.63) is 109 Å². The molecule has 0 fully saturated rings. The molecule has 0 aliphatic rings. The van der Waals surface area contributed by atoms with E-state index in [2.05, 4.69) is 111 Å². The van der Waals surface area contributed by atoms with Gasteiger partial charge in [-0.2, -0.15) is 0 Å². The number of hydrogen-bond donors (Lipinski definition) is 1. The van der Waals surface area contributed by atoms with Crippen molar-refractivity contribution in [1.82, 2.24) is 0 Å². The summed E-state index contributed by atoms with van der Waals surface area (Å²) < 4.78 is 2.65. The van der Waals surface area contributed by atoms with Crippen LogP contribution in [0, 0.1) is 0 Å². The maximum absolute atomic E-state index is 6.66. The zero-order chi connectivity index (χ0) is 27.6. The number of anilines is 1. The predicted octanol–water partition coefficient (Wildman–Crippen LogP) is 11.3. The molecule has 6 aromatic rings. The molecule has 5 aromatic carbocycles. The maximum atomic E-state index is 6.66. The van der Waals surface area contributed by atoms with Gasteiger partial charge >= 0.3 is 0 Å². The molecule has 0 radical (unpaired) electrons. The Bertz CT molecular complexity index is 1960. The first-order chi connectivity index (χ1) is 19.6. The van der Waals surface area contributed by atoms with Crippen molar-refractivity contribution in [2.24, 2.45) is 4.99 Å². The van der Waals surface area contributed by atoms with Gasteiger partial charge in [-0.25, -0.2) is 0 Å². The molecule has 0 amide bonds. The van der Waals surface area contributed by atoms with E-state index in [4.69, 9.17) is 10.7 Å². The van der Waals surface area contributed by atoms with Gasteiger partial charge in [0.2, 0.25) is 0 Å². The van der Waals surface area contributed by atoms with Crippen molar-refractivity contribution >= 4 is 72.0 Å². The van der Waals surface area contributed by atoms with E-state index in [-0.39, 0.29) is 0 Å². The number of unbranched alkanes of at least 4 members (excludes halogenated alkanes) is 1. The Morgan fingerprint density at radius 3 is 2.40 bits per heavy atom. The fourth-order valence-electron chi connectivity index (χ4n) is 5.55. The number of rotatable bonds is 7. The fraction of sp³-hybridized carbons (Fsp3) is 0.108. The van der Waals surface area contributed by atoms with Crippen LogP contribution < -0.4 is 5.73 Å². The van der Waals surface area contributed by atoms with E-state index in [1.807, 2.05) is 30.6 Å². The molecule has 0 aliphatic carbocycles. The van der Waals surface area contributed by atoms with Crippen molar-refractivity contribution < 1.29 is 0 Å². The molecular formula is C37H32N2S. The molecular weight excluding hydrogens is 504 g/mol. The minimum absolute atomic E-state index is 0.675. The predicted molar refractivity (Wildman–Crippen MR) is 180 cm³/mol. The summed E-state index contributed by atoms with van der Waals surface area (Å²) in [5.41, 5.74) is 15.0. The minimum Gasteiger partial charge on any atom is -0.396 e. The maximum Gasteiger partial charge on any atom is 0.0939 e. The van der Waals surface area contributed by atoms with Crippen molar-refractivity contribution in [2.75, 3.05) is 5.73 Å². The Kier molecular flexibility index (Phi) is 7.06. The first-order valence-electron chi connectivity index (χ1n) is 13.8. The fourth-order valence-corrected chi connectivity index (χ4v) is 6.79. The number of fused-ring (bicyclic) bond motifs is 4. The third-order valence-electron chi connectivity index (χ3n) is 7.49. The van der Waals surface area contributed by atoms with Crippen molar-refractivity contribution in [1.29, 1.82) is 0 Å². The molecule has 6 rings (SSSR count). The second-order valence-corrected chi connectivity index (χ2v) is 11.1. The third kappa shape index (κ3) is 4.43. The lowest BCUT2D eigenvalue weighted by Gasteiger charge is -2.16. The average Bonchev–Trinajstić information content (AvgIpc) is 3.38. The Labute approximate surface area is 239 Å². The van der Waals surface area contributed by atoms with E-state index in [1.54, 1.807) is 0 Å². The van der Waals surface area contributed by atoms with Crippen LogP contribution in [0.4, 0.5) is 11.4 Å². The van der Waals surface area contributed by atoms with Crippen LogP contribution in [0.5, 0.6) is 0 Å². The Hall–Kier alpha value is -4.47. The molecule has 0 aliphatic heterocycles. The van der Waals surface area contributed by atoms with Crippen molar-refractivity contribution in [3.8, 4) is 22.3 Å². The highest BCUT2D eigenvalue weighted by Gasteiger charge is 2.16. The van der Waals surface area contributed by atoms with Gasteiger partial charge in [0, 0.05) is 37.3 Å². The van der Waals surface area contributed by atoms with E-state index < -0.39 is 0 Å². The summed E-state index contributed by atoms with van der Waals surface area (Å²) in [4.78, 5) is 4.82.